The second-order valence-electron chi connectivity index (χ2n) is 9.23. The first-order chi connectivity index (χ1) is 14.8. The van der Waals surface area contributed by atoms with E-state index < -0.39 is 0 Å². The molecule has 2 heteroatoms. The molecule has 0 spiro atoms. The number of nitrogens with zero attached hydrogens (tertiary/aromatic N) is 1. The van der Waals surface area contributed by atoms with E-state index in [0.717, 1.165) is 41.9 Å². The van der Waals surface area contributed by atoms with E-state index in [1.54, 1.807) is 0 Å². The van der Waals surface area contributed by atoms with Crippen molar-refractivity contribution in [2.75, 3.05) is 6.61 Å². The van der Waals surface area contributed by atoms with E-state index in [9.17, 15) is 0 Å². The molecule has 0 saturated heterocycles. The lowest BCUT2D eigenvalue weighted by molar-refractivity contribution is 0.178. The number of pyridine rings is 1. The maximum absolute atomic E-state index is 6.10. The molecule has 0 bridgehead atoms. The van der Waals surface area contributed by atoms with Gasteiger partial charge in [0.1, 0.15) is 5.75 Å². The predicted octanol–water partition coefficient (Wildman–Crippen LogP) is 8.25. The van der Waals surface area contributed by atoms with Gasteiger partial charge in [0.25, 0.3) is 0 Å². The molecule has 0 amide bonds. The summed E-state index contributed by atoms with van der Waals surface area (Å²) in [7, 11) is 0. The third-order valence-electron chi connectivity index (χ3n) is 6.69. The van der Waals surface area contributed by atoms with Gasteiger partial charge in [-0.15, -0.1) is 0 Å². The van der Waals surface area contributed by atoms with E-state index in [2.05, 4.69) is 56.4 Å². The highest BCUT2D eigenvalue weighted by Crippen LogP contribution is 2.32. The summed E-state index contributed by atoms with van der Waals surface area (Å²) in [5.41, 5.74) is 3.56. The largest absolute Gasteiger partial charge is 0.493 e. The van der Waals surface area contributed by atoms with Crippen LogP contribution in [0.15, 0.2) is 42.6 Å². The second-order valence-corrected chi connectivity index (χ2v) is 9.23. The van der Waals surface area contributed by atoms with Crippen molar-refractivity contribution in [3.63, 3.8) is 0 Å². The first-order valence-electron chi connectivity index (χ1n) is 12.5. The molecule has 3 rings (SSSR count). The Morgan fingerprint density at radius 3 is 2.20 bits per heavy atom. The number of rotatable bonds is 12. The molecule has 2 nitrogen and oxygen atoms in total. The van der Waals surface area contributed by atoms with Crippen LogP contribution in [-0.2, 0) is 6.42 Å². The Kier molecular flexibility index (Phi) is 9.73. The number of aromatic nitrogens is 1. The van der Waals surface area contributed by atoms with Gasteiger partial charge in [0.15, 0.2) is 0 Å². The zero-order valence-corrected chi connectivity index (χ0v) is 19.2. The van der Waals surface area contributed by atoms with Crippen LogP contribution in [-0.4, -0.2) is 11.6 Å². The van der Waals surface area contributed by atoms with E-state index in [-0.39, 0.29) is 0 Å². The van der Waals surface area contributed by atoms with Gasteiger partial charge in [-0.3, -0.25) is 4.98 Å². The number of hydrogen-bond donors (Lipinski definition) is 0. The summed E-state index contributed by atoms with van der Waals surface area (Å²) < 4.78 is 6.10. The minimum atomic E-state index is 0.731. The summed E-state index contributed by atoms with van der Waals surface area (Å²) in [4.78, 5) is 4.69. The number of hydrogen-bond acceptors (Lipinski definition) is 2. The third-order valence-corrected chi connectivity index (χ3v) is 6.69. The standard InChI is InChI=1S/C28H41NO/c1-3-5-6-7-8-10-24-15-20-28(29-21-24)26-16-18-27(19-17-26)30-22-25-13-11-23(9-4-2)12-14-25/h15-21,23,25H,3-14,22H2,1-2H3/t23-,25-. The number of aryl methyl sites for hydroxylation is 1. The molecule has 1 aromatic heterocycles. The van der Waals surface area contributed by atoms with E-state index in [1.165, 1.54) is 76.2 Å². The van der Waals surface area contributed by atoms with Gasteiger partial charge in [-0.1, -0.05) is 71.3 Å². The lowest BCUT2D eigenvalue weighted by atomic mass is 9.80. The van der Waals surface area contributed by atoms with Crippen LogP contribution in [0.2, 0.25) is 0 Å². The highest BCUT2D eigenvalue weighted by atomic mass is 16.5. The van der Waals surface area contributed by atoms with Crippen molar-refractivity contribution in [1.82, 2.24) is 4.98 Å². The van der Waals surface area contributed by atoms with Crippen LogP contribution in [0.25, 0.3) is 11.3 Å². The molecule has 0 radical (unpaired) electrons. The van der Waals surface area contributed by atoms with Gasteiger partial charge in [-0.25, -0.2) is 0 Å². The fraction of sp³-hybridized carbons (Fsp3) is 0.607. The lowest BCUT2D eigenvalue weighted by Crippen LogP contribution is -2.20. The molecular weight excluding hydrogens is 366 g/mol. The smallest absolute Gasteiger partial charge is 0.119 e. The van der Waals surface area contributed by atoms with Crippen molar-refractivity contribution < 1.29 is 4.74 Å². The van der Waals surface area contributed by atoms with Crippen molar-refractivity contribution in [2.24, 2.45) is 11.8 Å². The lowest BCUT2D eigenvalue weighted by Gasteiger charge is -2.28. The summed E-state index contributed by atoms with van der Waals surface area (Å²) in [6.45, 7) is 5.43. The molecule has 1 saturated carbocycles. The molecule has 30 heavy (non-hydrogen) atoms. The molecule has 0 N–H and O–H groups in total. The van der Waals surface area contributed by atoms with Gasteiger partial charge in [-0.2, -0.15) is 0 Å². The molecule has 0 unspecified atom stereocenters. The van der Waals surface area contributed by atoms with E-state index in [0.29, 0.717) is 0 Å². The molecule has 1 fully saturated rings. The number of benzene rings is 1. The Bertz CT molecular complexity index is 698. The molecule has 0 atom stereocenters. The van der Waals surface area contributed by atoms with Crippen molar-refractivity contribution in [3.8, 4) is 17.0 Å². The first-order valence-corrected chi connectivity index (χ1v) is 12.5. The monoisotopic (exact) mass is 407 g/mol. The van der Waals surface area contributed by atoms with E-state index in [1.807, 2.05) is 0 Å². The minimum Gasteiger partial charge on any atom is -0.493 e. The van der Waals surface area contributed by atoms with Gasteiger partial charge in [0.05, 0.1) is 12.3 Å². The van der Waals surface area contributed by atoms with Crippen molar-refractivity contribution >= 4 is 0 Å². The summed E-state index contributed by atoms with van der Waals surface area (Å²) in [6.07, 6.45) is 18.0. The molecule has 1 aliphatic carbocycles. The van der Waals surface area contributed by atoms with E-state index >= 15 is 0 Å². The Morgan fingerprint density at radius 2 is 1.53 bits per heavy atom. The topological polar surface area (TPSA) is 22.1 Å². The van der Waals surface area contributed by atoms with Crippen LogP contribution in [0.3, 0.4) is 0 Å². The average Bonchev–Trinajstić information content (AvgIpc) is 2.79. The Balaban J connectivity index is 1.42. The minimum absolute atomic E-state index is 0.731. The SMILES string of the molecule is CCCCCCCc1ccc(-c2ccc(OC[C@H]3CC[C@H](CCC)CC3)cc2)nc1. The zero-order chi connectivity index (χ0) is 21.0. The molecule has 0 aliphatic heterocycles. The first kappa shape index (κ1) is 22.8. The molecule has 1 aromatic carbocycles. The average molecular weight is 408 g/mol. The van der Waals surface area contributed by atoms with Crippen molar-refractivity contribution in [2.45, 2.75) is 90.9 Å². The fourth-order valence-electron chi connectivity index (χ4n) is 4.71. The van der Waals surface area contributed by atoms with E-state index in [4.69, 9.17) is 9.72 Å². The zero-order valence-electron chi connectivity index (χ0n) is 19.2. The molecule has 1 heterocycles. The fourth-order valence-corrected chi connectivity index (χ4v) is 4.71. The van der Waals surface area contributed by atoms with Crippen LogP contribution in [0, 0.1) is 11.8 Å². The molecule has 1 aliphatic rings. The van der Waals surface area contributed by atoms with Crippen molar-refractivity contribution in [1.29, 1.82) is 0 Å². The summed E-state index contributed by atoms with van der Waals surface area (Å²) in [5.74, 6) is 2.68. The normalized spacial score (nSPS) is 19.0. The highest BCUT2D eigenvalue weighted by Gasteiger charge is 2.20. The van der Waals surface area contributed by atoms with Crippen molar-refractivity contribution in [3.05, 3.63) is 48.2 Å². The summed E-state index contributed by atoms with van der Waals surface area (Å²) in [6, 6.07) is 12.9. The third kappa shape index (κ3) is 7.45. The van der Waals surface area contributed by atoms with Crippen LogP contribution >= 0.6 is 0 Å². The summed E-state index contributed by atoms with van der Waals surface area (Å²) in [5, 5.41) is 0. The van der Waals surface area contributed by atoms with Gasteiger partial charge >= 0.3 is 0 Å². The molecule has 164 valence electrons. The second kappa shape index (κ2) is 12.8. The molecular formula is C28H41NO. The van der Waals surface area contributed by atoms with Gasteiger partial charge in [0, 0.05) is 11.8 Å². The molecule has 2 aromatic rings. The van der Waals surface area contributed by atoms with Crippen LogP contribution < -0.4 is 4.74 Å². The van der Waals surface area contributed by atoms with Crippen LogP contribution in [0.4, 0.5) is 0 Å². The van der Waals surface area contributed by atoms with Crippen LogP contribution in [0.5, 0.6) is 5.75 Å². The Hall–Kier alpha value is -1.83. The summed E-state index contributed by atoms with van der Waals surface area (Å²) >= 11 is 0. The van der Waals surface area contributed by atoms with Crippen LogP contribution in [0.1, 0.15) is 90.0 Å². The number of unbranched alkanes of at least 4 members (excludes halogenated alkanes) is 4. The van der Waals surface area contributed by atoms with Gasteiger partial charge in [-0.05, 0) is 73.4 Å². The Morgan fingerprint density at radius 1 is 0.800 bits per heavy atom. The number of ether oxygens (including phenoxy) is 1. The highest BCUT2D eigenvalue weighted by molar-refractivity contribution is 5.60. The maximum Gasteiger partial charge on any atom is 0.119 e. The maximum atomic E-state index is 6.10. The Labute approximate surface area is 184 Å². The van der Waals surface area contributed by atoms with Gasteiger partial charge in [0.2, 0.25) is 0 Å². The quantitative estimate of drug-likeness (QED) is 0.330. The predicted molar refractivity (Wildman–Crippen MR) is 128 cm³/mol. The van der Waals surface area contributed by atoms with Gasteiger partial charge < -0.3 is 4.74 Å².